The monoisotopic (exact) mass is 264 g/mol. The van der Waals surface area contributed by atoms with Crippen LogP contribution in [0.5, 0.6) is 0 Å². The van der Waals surface area contributed by atoms with Crippen LogP contribution in [0.3, 0.4) is 0 Å². The lowest BCUT2D eigenvalue weighted by molar-refractivity contribution is -0.152. The van der Waals surface area contributed by atoms with Crippen molar-refractivity contribution < 1.29 is 34.8 Å². The molecule has 0 aliphatic carbocycles. The molecule has 0 saturated carbocycles. The third-order valence-corrected chi connectivity index (χ3v) is 2.51. The normalized spacial score (nSPS) is 11.5. The maximum Gasteiger partial charge on any atom is 0.317 e. The summed E-state index contributed by atoms with van der Waals surface area (Å²) in [7, 11) is 0. The molecule has 0 aromatic rings. The van der Waals surface area contributed by atoms with Gasteiger partial charge in [0.2, 0.25) is 0 Å². The van der Waals surface area contributed by atoms with Crippen LogP contribution in [0.2, 0.25) is 0 Å². The van der Waals surface area contributed by atoms with Crippen molar-refractivity contribution in [2.75, 3.05) is 19.8 Å². The number of carboxylic acids is 3. The Kier molecular flexibility index (Phi) is 6.23. The number of nitrogens with zero attached hydrogens (tertiary/aromatic N) is 1. The molecule has 0 aromatic carbocycles. The predicted octanol–water partition coefficient (Wildman–Crippen LogP) is -2.03. The smallest absolute Gasteiger partial charge is 0.317 e. The Balaban J connectivity index is 5.27. The summed E-state index contributed by atoms with van der Waals surface area (Å²) in [6.07, 6.45) is -1.35. The van der Waals surface area contributed by atoms with Gasteiger partial charge in [0.1, 0.15) is 0 Å². The fraction of sp³-hybridized carbons (Fsp3) is 0.667. The first-order chi connectivity index (χ1) is 8.27. The van der Waals surface area contributed by atoms with Crippen LogP contribution in [-0.4, -0.2) is 68.6 Å². The molecular formula is C9H16N2O7. The van der Waals surface area contributed by atoms with Crippen molar-refractivity contribution in [3.8, 4) is 0 Å². The second kappa shape index (κ2) is 6.89. The minimum atomic E-state index is -1.63. The molecule has 104 valence electrons. The van der Waals surface area contributed by atoms with E-state index in [1.807, 2.05) is 0 Å². The van der Waals surface area contributed by atoms with Crippen LogP contribution in [0, 0.1) is 0 Å². The van der Waals surface area contributed by atoms with E-state index in [2.05, 4.69) is 0 Å². The van der Waals surface area contributed by atoms with E-state index in [9.17, 15) is 14.4 Å². The molecule has 9 nitrogen and oxygen atoms in total. The summed E-state index contributed by atoms with van der Waals surface area (Å²) in [5.41, 5.74) is 3.75. The highest BCUT2D eigenvalue weighted by molar-refractivity contribution is 5.74. The van der Waals surface area contributed by atoms with E-state index < -0.39 is 56.1 Å². The van der Waals surface area contributed by atoms with Gasteiger partial charge in [-0.15, -0.1) is 0 Å². The molecule has 0 amide bonds. The SMILES string of the molecule is NCC(CC(=O)O)(CC(=O)O)N(CO)CC(=O)O. The van der Waals surface area contributed by atoms with Gasteiger partial charge in [0.05, 0.1) is 31.7 Å². The number of hydrogen-bond donors (Lipinski definition) is 5. The van der Waals surface area contributed by atoms with Crippen LogP contribution in [0.25, 0.3) is 0 Å². The first-order valence-electron chi connectivity index (χ1n) is 4.99. The highest BCUT2D eigenvalue weighted by Crippen LogP contribution is 2.23. The Morgan fingerprint density at radius 1 is 1.00 bits per heavy atom. The maximum absolute atomic E-state index is 10.8. The molecule has 0 aliphatic heterocycles. The molecule has 0 aliphatic rings. The van der Waals surface area contributed by atoms with Gasteiger partial charge in [-0.25, -0.2) is 0 Å². The molecule has 0 unspecified atom stereocenters. The predicted molar refractivity (Wildman–Crippen MR) is 57.7 cm³/mol. The average Bonchev–Trinajstić information content (AvgIpc) is 2.23. The van der Waals surface area contributed by atoms with Crippen LogP contribution < -0.4 is 5.73 Å². The molecule has 0 fully saturated rings. The Bertz CT molecular complexity index is 315. The van der Waals surface area contributed by atoms with Crippen molar-refractivity contribution in [2.24, 2.45) is 5.73 Å². The van der Waals surface area contributed by atoms with E-state index >= 15 is 0 Å². The number of rotatable bonds is 9. The summed E-state index contributed by atoms with van der Waals surface area (Å²) in [4.78, 5) is 33.0. The van der Waals surface area contributed by atoms with Gasteiger partial charge < -0.3 is 26.2 Å². The number of aliphatic hydroxyl groups is 1. The molecule has 0 bridgehead atoms. The Morgan fingerprint density at radius 2 is 1.44 bits per heavy atom. The van der Waals surface area contributed by atoms with Gasteiger partial charge in [0.15, 0.2) is 0 Å². The summed E-state index contributed by atoms with van der Waals surface area (Å²) >= 11 is 0. The summed E-state index contributed by atoms with van der Waals surface area (Å²) < 4.78 is 0. The molecule has 0 rings (SSSR count). The number of aliphatic carboxylic acids is 3. The lowest BCUT2D eigenvalue weighted by Gasteiger charge is -2.39. The molecule has 9 heteroatoms. The topological polar surface area (TPSA) is 161 Å². The fourth-order valence-corrected chi connectivity index (χ4v) is 1.65. The first-order valence-corrected chi connectivity index (χ1v) is 4.99. The van der Waals surface area contributed by atoms with E-state index in [0.717, 1.165) is 4.90 Å². The van der Waals surface area contributed by atoms with Gasteiger partial charge in [-0.1, -0.05) is 0 Å². The molecular weight excluding hydrogens is 248 g/mol. The minimum Gasteiger partial charge on any atom is -0.481 e. The third-order valence-electron chi connectivity index (χ3n) is 2.51. The van der Waals surface area contributed by atoms with Crippen LogP contribution in [0.4, 0.5) is 0 Å². The van der Waals surface area contributed by atoms with Crippen molar-refractivity contribution >= 4 is 17.9 Å². The molecule has 0 atom stereocenters. The van der Waals surface area contributed by atoms with Gasteiger partial charge >= 0.3 is 17.9 Å². The van der Waals surface area contributed by atoms with Gasteiger partial charge in [0, 0.05) is 6.54 Å². The van der Waals surface area contributed by atoms with Gasteiger partial charge in [0.25, 0.3) is 0 Å². The van der Waals surface area contributed by atoms with Crippen LogP contribution >= 0.6 is 0 Å². The summed E-state index contributed by atoms with van der Waals surface area (Å²) in [6.45, 7) is -1.91. The third kappa shape index (κ3) is 4.65. The lowest BCUT2D eigenvalue weighted by Crippen LogP contribution is -2.58. The Hall–Kier alpha value is -1.71. The van der Waals surface area contributed by atoms with Crippen molar-refractivity contribution in [2.45, 2.75) is 18.4 Å². The van der Waals surface area contributed by atoms with E-state index in [4.69, 9.17) is 26.2 Å². The number of aliphatic hydroxyl groups excluding tert-OH is 1. The van der Waals surface area contributed by atoms with E-state index in [1.165, 1.54) is 0 Å². The van der Waals surface area contributed by atoms with Crippen LogP contribution in [0.1, 0.15) is 12.8 Å². The maximum atomic E-state index is 10.8. The van der Waals surface area contributed by atoms with E-state index in [1.54, 1.807) is 0 Å². The lowest BCUT2D eigenvalue weighted by atomic mass is 9.89. The van der Waals surface area contributed by atoms with Gasteiger partial charge in [-0.05, 0) is 0 Å². The van der Waals surface area contributed by atoms with Crippen molar-refractivity contribution in [3.05, 3.63) is 0 Å². The average molecular weight is 264 g/mol. The van der Waals surface area contributed by atoms with Crippen molar-refractivity contribution in [1.29, 1.82) is 0 Å². The van der Waals surface area contributed by atoms with Gasteiger partial charge in [-0.3, -0.25) is 19.3 Å². The zero-order valence-corrected chi connectivity index (χ0v) is 9.57. The highest BCUT2D eigenvalue weighted by Gasteiger charge is 2.40. The largest absolute Gasteiger partial charge is 0.481 e. The highest BCUT2D eigenvalue weighted by atomic mass is 16.4. The molecule has 18 heavy (non-hydrogen) atoms. The number of nitrogens with two attached hydrogens (primary N) is 1. The number of hydrogen-bond acceptors (Lipinski definition) is 6. The fourth-order valence-electron chi connectivity index (χ4n) is 1.65. The van der Waals surface area contributed by atoms with Gasteiger partial charge in [-0.2, -0.15) is 0 Å². The standard InChI is InChI=1S/C9H16N2O7/c10-4-9(1-6(13)14,2-7(15)16)11(5-12)3-8(17)18/h12H,1-5,10H2,(H,13,14)(H,15,16)(H,17,18). The minimum absolute atomic E-state index is 0.403. The molecule has 0 heterocycles. The molecule has 0 aromatic heterocycles. The molecule has 0 radical (unpaired) electrons. The Labute approximate surface area is 102 Å². The molecule has 6 N–H and O–H groups in total. The first kappa shape index (κ1) is 16.3. The second-order valence-corrected chi connectivity index (χ2v) is 3.80. The molecule has 0 saturated heterocycles. The van der Waals surface area contributed by atoms with E-state index in [0.29, 0.717) is 0 Å². The Morgan fingerprint density at radius 3 is 1.67 bits per heavy atom. The van der Waals surface area contributed by atoms with Crippen molar-refractivity contribution in [3.63, 3.8) is 0 Å². The summed E-state index contributed by atoms with van der Waals surface area (Å²) in [5.74, 6) is -3.98. The summed E-state index contributed by atoms with van der Waals surface area (Å²) in [6, 6.07) is 0. The zero-order chi connectivity index (χ0) is 14.3. The summed E-state index contributed by atoms with van der Waals surface area (Å²) in [5, 5.41) is 35.3. The number of carboxylic acid groups (broad SMARTS) is 3. The second-order valence-electron chi connectivity index (χ2n) is 3.80. The quantitative estimate of drug-likeness (QED) is 0.295. The number of carbonyl (C=O) groups is 3. The van der Waals surface area contributed by atoms with Crippen LogP contribution in [-0.2, 0) is 14.4 Å². The van der Waals surface area contributed by atoms with Crippen LogP contribution in [0.15, 0.2) is 0 Å². The zero-order valence-electron chi connectivity index (χ0n) is 9.57. The van der Waals surface area contributed by atoms with Crippen molar-refractivity contribution in [1.82, 2.24) is 4.90 Å². The molecule has 0 spiro atoms. The van der Waals surface area contributed by atoms with E-state index in [-0.39, 0.29) is 0 Å².